The average molecular weight is 495 g/mol. The third kappa shape index (κ3) is 6.27. The minimum atomic E-state index is -1.27. The van der Waals surface area contributed by atoms with Gasteiger partial charge in [-0.3, -0.25) is 4.79 Å². The molecule has 2 N–H and O–H groups in total. The summed E-state index contributed by atoms with van der Waals surface area (Å²) in [6.45, 7) is 10.8. The molecule has 0 aliphatic heterocycles. The number of carboxylic acid groups (broad SMARTS) is 1. The SMILES string of the molecule is Cc1nc(C(=O)N[C@@H](C)c2ccccc2)c(C)c(-c2ccc(Cl)cc2)c1[C@H](OC(C)(C)C)C(=O)O. The Balaban J connectivity index is 2.17. The highest BCUT2D eigenvalue weighted by atomic mass is 35.5. The van der Waals surface area contributed by atoms with Gasteiger partial charge in [0.1, 0.15) is 5.69 Å². The van der Waals surface area contributed by atoms with Crippen molar-refractivity contribution in [2.24, 2.45) is 0 Å². The Morgan fingerprint density at radius 1 is 1.03 bits per heavy atom. The summed E-state index contributed by atoms with van der Waals surface area (Å²) in [4.78, 5) is 30.3. The van der Waals surface area contributed by atoms with Gasteiger partial charge in [-0.2, -0.15) is 0 Å². The Bertz CT molecular complexity index is 1220. The number of hydrogen-bond acceptors (Lipinski definition) is 4. The third-order valence-electron chi connectivity index (χ3n) is 5.62. The van der Waals surface area contributed by atoms with E-state index >= 15 is 0 Å². The van der Waals surface area contributed by atoms with Crippen LogP contribution in [-0.4, -0.2) is 27.6 Å². The lowest BCUT2D eigenvalue weighted by Crippen LogP contribution is -2.31. The van der Waals surface area contributed by atoms with Gasteiger partial charge in [-0.15, -0.1) is 0 Å². The molecule has 0 spiro atoms. The van der Waals surface area contributed by atoms with E-state index in [4.69, 9.17) is 16.3 Å². The second-order valence-electron chi connectivity index (χ2n) is 9.52. The fraction of sp³-hybridized carbons (Fsp3) is 0.321. The zero-order chi connectivity index (χ0) is 25.9. The van der Waals surface area contributed by atoms with Crippen molar-refractivity contribution in [2.75, 3.05) is 0 Å². The predicted molar refractivity (Wildman–Crippen MR) is 138 cm³/mol. The van der Waals surface area contributed by atoms with E-state index in [0.29, 0.717) is 27.4 Å². The number of aliphatic carboxylic acids is 1. The van der Waals surface area contributed by atoms with Crippen molar-refractivity contribution < 1.29 is 19.4 Å². The molecule has 184 valence electrons. The number of aromatic nitrogens is 1. The molecule has 6 nitrogen and oxygen atoms in total. The van der Waals surface area contributed by atoms with Crippen molar-refractivity contribution >= 4 is 23.5 Å². The second kappa shape index (κ2) is 10.6. The van der Waals surface area contributed by atoms with E-state index in [9.17, 15) is 14.7 Å². The van der Waals surface area contributed by atoms with E-state index in [1.165, 1.54) is 0 Å². The molecule has 0 aliphatic carbocycles. The summed E-state index contributed by atoms with van der Waals surface area (Å²) in [5.74, 6) is -1.47. The third-order valence-corrected chi connectivity index (χ3v) is 5.87. The number of carbonyl (C=O) groups excluding carboxylic acids is 1. The van der Waals surface area contributed by atoms with Gasteiger partial charge in [0.15, 0.2) is 6.10 Å². The fourth-order valence-electron chi connectivity index (χ4n) is 4.02. The number of rotatable bonds is 7. The molecular formula is C28H31ClN2O4. The lowest BCUT2D eigenvalue weighted by atomic mass is 9.89. The van der Waals surface area contributed by atoms with Gasteiger partial charge in [0.2, 0.25) is 0 Å². The van der Waals surface area contributed by atoms with Gasteiger partial charge in [-0.05, 0) is 75.9 Å². The molecule has 0 radical (unpaired) electrons. The van der Waals surface area contributed by atoms with Crippen molar-refractivity contribution in [2.45, 2.75) is 59.3 Å². The summed E-state index contributed by atoms with van der Waals surface area (Å²) in [6, 6.07) is 16.5. The number of nitrogens with zero attached hydrogens (tertiary/aromatic N) is 1. The number of carbonyl (C=O) groups is 2. The van der Waals surface area contributed by atoms with Crippen molar-refractivity contribution in [1.82, 2.24) is 10.3 Å². The van der Waals surface area contributed by atoms with Crippen LogP contribution in [0.4, 0.5) is 0 Å². The molecule has 2 atom stereocenters. The molecule has 3 rings (SSSR count). The van der Waals surface area contributed by atoms with E-state index in [1.54, 1.807) is 58.9 Å². The molecule has 0 aliphatic rings. The lowest BCUT2D eigenvalue weighted by Gasteiger charge is -2.28. The number of pyridine rings is 1. The standard InChI is InChI=1S/C28H31ClN2O4/c1-16-22(20-12-14-21(29)15-13-20)23(25(27(33)34)35-28(4,5)6)18(3)30-24(16)26(32)31-17(2)19-10-8-7-9-11-19/h7-15,17,25H,1-6H3,(H,31,32)(H,33,34)/t17-,25-/m0/s1. The van der Waals surface area contributed by atoms with Crippen LogP contribution < -0.4 is 5.32 Å². The molecule has 0 bridgehead atoms. The van der Waals surface area contributed by atoms with Gasteiger partial charge < -0.3 is 15.2 Å². The molecule has 0 unspecified atom stereocenters. The number of nitrogens with one attached hydrogen (secondary N) is 1. The van der Waals surface area contributed by atoms with Crippen molar-refractivity contribution in [3.63, 3.8) is 0 Å². The molecule has 0 saturated heterocycles. The van der Waals surface area contributed by atoms with Crippen LogP contribution in [0.5, 0.6) is 0 Å². The molecule has 3 aromatic rings. The van der Waals surface area contributed by atoms with Crippen LogP contribution in [-0.2, 0) is 9.53 Å². The molecule has 0 saturated carbocycles. The Morgan fingerprint density at radius 2 is 1.63 bits per heavy atom. The molecule has 7 heteroatoms. The Hall–Kier alpha value is -3.22. The van der Waals surface area contributed by atoms with E-state index in [2.05, 4.69) is 10.3 Å². The van der Waals surface area contributed by atoms with E-state index in [1.807, 2.05) is 37.3 Å². The van der Waals surface area contributed by atoms with Gasteiger partial charge in [0.05, 0.1) is 11.6 Å². The summed E-state index contributed by atoms with van der Waals surface area (Å²) in [6.07, 6.45) is -1.27. The predicted octanol–water partition coefficient (Wildman–Crippen LogP) is 6.45. The average Bonchev–Trinajstić information content (AvgIpc) is 2.79. The summed E-state index contributed by atoms with van der Waals surface area (Å²) >= 11 is 6.11. The lowest BCUT2D eigenvalue weighted by molar-refractivity contribution is -0.160. The van der Waals surface area contributed by atoms with Crippen molar-refractivity contribution in [3.05, 3.63) is 87.7 Å². The van der Waals surface area contributed by atoms with Crippen molar-refractivity contribution in [3.8, 4) is 11.1 Å². The molecule has 0 fully saturated rings. The Morgan fingerprint density at radius 3 is 2.17 bits per heavy atom. The first-order valence-corrected chi connectivity index (χ1v) is 11.8. The normalized spacial score (nSPS) is 13.2. The van der Waals surface area contributed by atoms with E-state index in [-0.39, 0.29) is 17.6 Å². The largest absolute Gasteiger partial charge is 0.479 e. The van der Waals surface area contributed by atoms with Crippen LogP contribution in [0.15, 0.2) is 54.6 Å². The number of benzene rings is 2. The Kier molecular flexibility index (Phi) is 7.98. The number of aryl methyl sites for hydroxylation is 1. The smallest absolute Gasteiger partial charge is 0.337 e. The van der Waals surface area contributed by atoms with E-state index in [0.717, 1.165) is 11.1 Å². The van der Waals surface area contributed by atoms with Crippen LogP contribution in [0.2, 0.25) is 5.02 Å². The summed E-state index contributed by atoms with van der Waals surface area (Å²) in [7, 11) is 0. The maximum Gasteiger partial charge on any atom is 0.337 e. The molecule has 2 aromatic carbocycles. The van der Waals surface area contributed by atoms with Crippen LogP contribution >= 0.6 is 11.6 Å². The maximum atomic E-state index is 13.3. The summed E-state index contributed by atoms with van der Waals surface area (Å²) < 4.78 is 5.96. The minimum Gasteiger partial charge on any atom is -0.479 e. The van der Waals surface area contributed by atoms with Gasteiger partial charge in [-0.1, -0.05) is 54.1 Å². The van der Waals surface area contributed by atoms with Gasteiger partial charge in [-0.25, -0.2) is 9.78 Å². The number of halogens is 1. The zero-order valence-electron chi connectivity index (χ0n) is 20.8. The molecule has 1 aromatic heterocycles. The van der Waals surface area contributed by atoms with Crippen LogP contribution in [0.3, 0.4) is 0 Å². The highest BCUT2D eigenvalue weighted by Crippen LogP contribution is 2.38. The van der Waals surface area contributed by atoms with Gasteiger partial charge in [0, 0.05) is 16.3 Å². The summed E-state index contributed by atoms with van der Waals surface area (Å²) in [5.41, 5.74) is 3.20. The van der Waals surface area contributed by atoms with E-state index < -0.39 is 17.7 Å². The quantitative estimate of drug-likeness (QED) is 0.394. The zero-order valence-corrected chi connectivity index (χ0v) is 21.6. The number of ether oxygens (including phenoxy) is 1. The fourth-order valence-corrected chi connectivity index (χ4v) is 4.15. The molecule has 1 heterocycles. The van der Waals surface area contributed by atoms with Gasteiger partial charge in [0.25, 0.3) is 5.91 Å². The molecular weight excluding hydrogens is 464 g/mol. The Labute approximate surface area is 211 Å². The van der Waals surface area contributed by atoms with Crippen LogP contribution in [0.1, 0.15) is 72.7 Å². The first-order chi connectivity index (χ1) is 16.4. The first-order valence-electron chi connectivity index (χ1n) is 11.4. The molecule has 1 amide bonds. The maximum absolute atomic E-state index is 13.3. The molecule has 35 heavy (non-hydrogen) atoms. The van der Waals surface area contributed by atoms with Crippen LogP contribution in [0.25, 0.3) is 11.1 Å². The minimum absolute atomic E-state index is 0.235. The summed E-state index contributed by atoms with van der Waals surface area (Å²) in [5, 5.41) is 13.6. The van der Waals surface area contributed by atoms with Crippen LogP contribution in [0, 0.1) is 13.8 Å². The highest BCUT2D eigenvalue weighted by molar-refractivity contribution is 6.30. The first kappa shape index (κ1) is 26.4. The monoisotopic (exact) mass is 494 g/mol. The number of amides is 1. The number of hydrogen-bond donors (Lipinski definition) is 2. The second-order valence-corrected chi connectivity index (χ2v) is 9.96. The van der Waals surface area contributed by atoms with Crippen molar-refractivity contribution in [1.29, 1.82) is 0 Å². The van der Waals surface area contributed by atoms with Gasteiger partial charge >= 0.3 is 5.97 Å². The highest BCUT2D eigenvalue weighted by Gasteiger charge is 2.33. The number of carboxylic acids is 1. The topological polar surface area (TPSA) is 88.5 Å².